The summed E-state index contributed by atoms with van der Waals surface area (Å²) in [6, 6.07) is 11.5. The Labute approximate surface area is 133 Å². The number of aryl methyl sites for hydroxylation is 1. The van der Waals surface area contributed by atoms with Crippen LogP contribution in [0.1, 0.15) is 33.0 Å². The first-order valence-electron chi connectivity index (χ1n) is 6.70. The molecule has 2 aromatic carbocycles. The zero-order chi connectivity index (χ0) is 16.3. The van der Waals surface area contributed by atoms with E-state index in [-0.39, 0.29) is 12.0 Å². The fourth-order valence-corrected chi connectivity index (χ4v) is 2.49. The lowest BCUT2D eigenvalue weighted by Gasteiger charge is -2.15. The van der Waals surface area contributed by atoms with Crippen LogP contribution >= 0.6 is 11.6 Å². The van der Waals surface area contributed by atoms with E-state index in [1.807, 2.05) is 6.92 Å². The smallest absolute Gasteiger partial charge is 0.335 e. The highest BCUT2D eigenvalue weighted by Crippen LogP contribution is 2.27. The minimum atomic E-state index is -1.07. The van der Waals surface area contributed by atoms with Crippen LogP contribution in [0.4, 0.5) is 0 Å². The molecule has 2 rings (SSSR count). The molecule has 114 valence electrons. The number of rotatable bonds is 5. The van der Waals surface area contributed by atoms with E-state index in [1.165, 1.54) is 6.07 Å². The molecular weight excluding hydrogens is 304 g/mol. The number of hydrogen-bond acceptors (Lipinski definition) is 2. The summed E-state index contributed by atoms with van der Waals surface area (Å²) >= 11 is 6.06. The van der Waals surface area contributed by atoms with Gasteiger partial charge in [0.25, 0.3) is 0 Å². The van der Waals surface area contributed by atoms with Crippen molar-refractivity contribution in [1.29, 1.82) is 0 Å². The lowest BCUT2D eigenvalue weighted by molar-refractivity contribution is -0.138. The van der Waals surface area contributed by atoms with Crippen LogP contribution in [0.2, 0.25) is 5.02 Å². The van der Waals surface area contributed by atoms with Gasteiger partial charge in [-0.3, -0.25) is 4.79 Å². The Morgan fingerprint density at radius 1 is 1.14 bits per heavy atom. The van der Waals surface area contributed by atoms with Crippen LogP contribution in [0.25, 0.3) is 0 Å². The second kappa shape index (κ2) is 6.62. The average Bonchev–Trinajstić information content (AvgIpc) is 2.47. The van der Waals surface area contributed by atoms with Gasteiger partial charge in [0.1, 0.15) is 0 Å². The third-order valence-electron chi connectivity index (χ3n) is 3.57. The van der Waals surface area contributed by atoms with E-state index in [9.17, 15) is 19.8 Å². The predicted octanol–water partition coefficient (Wildman–Crippen LogP) is 3.76. The Morgan fingerprint density at radius 3 is 2.41 bits per heavy atom. The first kappa shape index (κ1) is 16.0. The zero-order valence-electron chi connectivity index (χ0n) is 11.9. The summed E-state index contributed by atoms with van der Waals surface area (Å²) in [5, 5.41) is 19.2. The molecule has 0 aliphatic rings. The van der Waals surface area contributed by atoms with Crippen molar-refractivity contribution in [2.75, 3.05) is 0 Å². The molecule has 0 fully saturated rings. The molecule has 0 amide bonds. The summed E-state index contributed by atoms with van der Waals surface area (Å²) in [6.45, 7) is 1.83. The highest BCUT2D eigenvalue weighted by atomic mass is 35.5. The van der Waals surface area contributed by atoms with E-state index in [0.29, 0.717) is 16.1 Å². The first-order chi connectivity index (χ1) is 10.4. The Balaban J connectivity index is 2.40. The van der Waals surface area contributed by atoms with Crippen molar-refractivity contribution in [3.8, 4) is 0 Å². The number of aliphatic carboxylic acids is 1. The molecule has 0 spiro atoms. The van der Waals surface area contributed by atoms with Gasteiger partial charge in [-0.2, -0.15) is 0 Å². The summed E-state index contributed by atoms with van der Waals surface area (Å²) in [6.07, 6.45) is 0.0944. The molecule has 1 unspecified atom stereocenters. The Kier molecular flexibility index (Phi) is 4.83. The van der Waals surface area contributed by atoms with Gasteiger partial charge in [0, 0.05) is 5.02 Å². The Bertz CT molecular complexity index is 724. The summed E-state index contributed by atoms with van der Waals surface area (Å²) in [5.74, 6) is -2.93. The highest BCUT2D eigenvalue weighted by molar-refractivity contribution is 6.31. The van der Waals surface area contributed by atoms with Crippen molar-refractivity contribution in [2.45, 2.75) is 19.3 Å². The van der Waals surface area contributed by atoms with Gasteiger partial charge in [0.15, 0.2) is 0 Å². The van der Waals surface area contributed by atoms with Gasteiger partial charge in [-0.05, 0) is 42.2 Å². The maximum Gasteiger partial charge on any atom is 0.335 e. The lowest BCUT2D eigenvalue weighted by atomic mass is 9.89. The van der Waals surface area contributed by atoms with Gasteiger partial charge >= 0.3 is 11.9 Å². The summed E-state index contributed by atoms with van der Waals surface area (Å²) in [4.78, 5) is 22.8. The fraction of sp³-hybridized carbons (Fsp3) is 0.176. The minimum absolute atomic E-state index is 0.0944. The molecule has 0 heterocycles. The van der Waals surface area contributed by atoms with Crippen LogP contribution in [0.5, 0.6) is 0 Å². The molecule has 2 N–H and O–H groups in total. The third kappa shape index (κ3) is 3.46. The SMILES string of the molecule is Cc1ccc(C(Cc2ccccc2C(=O)O)C(=O)O)cc1Cl. The van der Waals surface area contributed by atoms with Crippen molar-refractivity contribution in [3.05, 3.63) is 69.7 Å². The highest BCUT2D eigenvalue weighted by Gasteiger charge is 2.23. The molecule has 5 heteroatoms. The van der Waals surface area contributed by atoms with Gasteiger partial charge < -0.3 is 10.2 Å². The summed E-state index contributed by atoms with van der Waals surface area (Å²) < 4.78 is 0. The monoisotopic (exact) mass is 318 g/mol. The molecule has 0 saturated heterocycles. The second-order valence-electron chi connectivity index (χ2n) is 5.07. The van der Waals surface area contributed by atoms with Crippen molar-refractivity contribution in [3.63, 3.8) is 0 Å². The lowest BCUT2D eigenvalue weighted by Crippen LogP contribution is -2.16. The van der Waals surface area contributed by atoms with Gasteiger partial charge in [-0.15, -0.1) is 0 Å². The van der Waals surface area contributed by atoms with E-state index < -0.39 is 17.9 Å². The van der Waals surface area contributed by atoms with Crippen molar-refractivity contribution >= 4 is 23.5 Å². The molecule has 1 atom stereocenters. The van der Waals surface area contributed by atoms with Crippen LogP contribution in [0.15, 0.2) is 42.5 Å². The van der Waals surface area contributed by atoms with Crippen molar-refractivity contribution in [2.24, 2.45) is 0 Å². The second-order valence-corrected chi connectivity index (χ2v) is 5.47. The Hall–Kier alpha value is -2.33. The fourth-order valence-electron chi connectivity index (χ4n) is 2.30. The maximum absolute atomic E-state index is 11.6. The topological polar surface area (TPSA) is 74.6 Å². The number of halogens is 1. The number of benzene rings is 2. The predicted molar refractivity (Wildman–Crippen MR) is 83.7 cm³/mol. The maximum atomic E-state index is 11.6. The van der Waals surface area contributed by atoms with Crippen LogP contribution < -0.4 is 0 Å². The van der Waals surface area contributed by atoms with Gasteiger partial charge in [-0.1, -0.05) is 41.9 Å². The standard InChI is InChI=1S/C17H15ClO4/c1-10-6-7-12(9-15(10)18)14(17(21)22)8-11-4-2-3-5-13(11)16(19)20/h2-7,9,14H,8H2,1H3,(H,19,20)(H,21,22). The summed E-state index contributed by atoms with van der Waals surface area (Å²) in [5.41, 5.74) is 2.02. The number of carboxylic acid groups (broad SMARTS) is 2. The van der Waals surface area contributed by atoms with Crippen molar-refractivity contribution < 1.29 is 19.8 Å². The first-order valence-corrected chi connectivity index (χ1v) is 7.08. The minimum Gasteiger partial charge on any atom is -0.481 e. The Morgan fingerprint density at radius 2 is 1.82 bits per heavy atom. The third-order valence-corrected chi connectivity index (χ3v) is 3.98. The van der Waals surface area contributed by atoms with Crippen LogP contribution in [0, 0.1) is 6.92 Å². The quantitative estimate of drug-likeness (QED) is 0.880. The van der Waals surface area contributed by atoms with E-state index >= 15 is 0 Å². The molecular formula is C17H15ClO4. The molecule has 4 nitrogen and oxygen atoms in total. The van der Waals surface area contributed by atoms with Crippen LogP contribution in [-0.4, -0.2) is 22.2 Å². The largest absolute Gasteiger partial charge is 0.481 e. The zero-order valence-corrected chi connectivity index (χ0v) is 12.7. The van der Waals surface area contributed by atoms with Gasteiger partial charge in [0.05, 0.1) is 11.5 Å². The molecule has 0 radical (unpaired) electrons. The molecule has 0 saturated carbocycles. The molecule has 0 aromatic heterocycles. The van der Waals surface area contributed by atoms with Crippen LogP contribution in [-0.2, 0) is 11.2 Å². The average molecular weight is 319 g/mol. The van der Waals surface area contributed by atoms with E-state index in [1.54, 1.807) is 36.4 Å². The number of aromatic carboxylic acids is 1. The number of carbonyl (C=O) groups is 2. The van der Waals surface area contributed by atoms with Crippen LogP contribution in [0.3, 0.4) is 0 Å². The number of carboxylic acids is 2. The molecule has 22 heavy (non-hydrogen) atoms. The number of hydrogen-bond donors (Lipinski definition) is 2. The molecule has 0 bridgehead atoms. The van der Waals surface area contributed by atoms with Gasteiger partial charge in [0.2, 0.25) is 0 Å². The normalized spacial score (nSPS) is 11.9. The molecule has 0 aliphatic carbocycles. The van der Waals surface area contributed by atoms with Crippen molar-refractivity contribution in [1.82, 2.24) is 0 Å². The molecule has 2 aromatic rings. The van der Waals surface area contributed by atoms with E-state index in [0.717, 1.165) is 5.56 Å². The van der Waals surface area contributed by atoms with Gasteiger partial charge in [-0.25, -0.2) is 4.79 Å². The summed E-state index contributed by atoms with van der Waals surface area (Å²) in [7, 11) is 0. The van der Waals surface area contributed by atoms with E-state index in [2.05, 4.69) is 0 Å². The van der Waals surface area contributed by atoms with E-state index in [4.69, 9.17) is 11.6 Å². The molecule has 0 aliphatic heterocycles.